The third-order valence-electron chi connectivity index (χ3n) is 7.55. The van der Waals surface area contributed by atoms with E-state index in [1.807, 2.05) is 0 Å². The van der Waals surface area contributed by atoms with Gasteiger partial charge < -0.3 is 9.88 Å². The molecule has 0 saturated carbocycles. The molecule has 0 unspecified atom stereocenters. The zero-order valence-corrected chi connectivity index (χ0v) is 17.8. The van der Waals surface area contributed by atoms with Crippen LogP contribution >= 0.6 is 0 Å². The summed E-state index contributed by atoms with van der Waals surface area (Å²) < 4.78 is 2.32. The Morgan fingerprint density at radius 1 is 1.21 bits per heavy atom. The summed E-state index contributed by atoms with van der Waals surface area (Å²) >= 11 is 0. The first kappa shape index (κ1) is 18.9. The van der Waals surface area contributed by atoms with Crippen LogP contribution in [0.4, 0.5) is 0 Å². The largest absolute Gasteiger partial charge is 0.351 e. The fourth-order valence-electron chi connectivity index (χ4n) is 6.11. The summed E-state index contributed by atoms with van der Waals surface area (Å²) in [5, 5.41) is 4.56. The zero-order chi connectivity index (χ0) is 20.0. The molecule has 154 valence electrons. The van der Waals surface area contributed by atoms with Crippen LogP contribution in [0.15, 0.2) is 30.3 Å². The molecule has 1 aromatic carbocycles. The molecule has 0 aliphatic carbocycles. The number of benzene rings is 1. The maximum atomic E-state index is 13.4. The van der Waals surface area contributed by atoms with Gasteiger partial charge in [0.05, 0.1) is 11.6 Å². The van der Waals surface area contributed by atoms with Gasteiger partial charge in [-0.3, -0.25) is 9.69 Å². The number of amides is 1. The van der Waals surface area contributed by atoms with Crippen molar-refractivity contribution in [2.75, 3.05) is 19.6 Å². The first-order valence-electron chi connectivity index (χ1n) is 11.6. The quantitative estimate of drug-likeness (QED) is 0.712. The fraction of sp³-hybridized carbons (Fsp3) is 0.560. The Morgan fingerprint density at radius 2 is 2.07 bits per heavy atom. The summed E-state index contributed by atoms with van der Waals surface area (Å²) in [5.74, 6) is 0.0960. The second-order valence-electron chi connectivity index (χ2n) is 9.09. The maximum absolute atomic E-state index is 13.4. The summed E-state index contributed by atoms with van der Waals surface area (Å²) in [7, 11) is 0. The van der Waals surface area contributed by atoms with E-state index in [0.717, 1.165) is 44.5 Å². The molecule has 5 rings (SSSR count). The highest BCUT2D eigenvalue weighted by Crippen LogP contribution is 2.56. The van der Waals surface area contributed by atoms with Crippen molar-refractivity contribution in [3.8, 4) is 0 Å². The Kier molecular flexibility index (Phi) is 4.78. The number of hydrogen-bond donors (Lipinski definition) is 1. The number of carbonyl (C=O) groups excluding carboxylic acids is 1. The van der Waals surface area contributed by atoms with Crippen LogP contribution in [0.25, 0.3) is 16.6 Å². The predicted octanol–water partition coefficient (Wildman–Crippen LogP) is 4.89. The van der Waals surface area contributed by atoms with Gasteiger partial charge in [0.1, 0.15) is 5.70 Å². The highest BCUT2D eigenvalue weighted by atomic mass is 16.2. The van der Waals surface area contributed by atoms with Crippen LogP contribution in [0.5, 0.6) is 0 Å². The topological polar surface area (TPSA) is 37.3 Å². The summed E-state index contributed by atoms with van der Waals surface area (Å²) in [5.41, 5.74) is 5.02. The lowest BCUT2D eigenvalue weighted by Crippen LogP contribution is -2.51. The number of fused-ring (bicyclic) bond motifs is 3. The van der Waals surface area contributed by atoms with Gasteiger partial charge in [-0.2, -0.15) is 0 Å². The van der Waals surface area contributed by atoms with Gasteiger partial charge in [-0.15, -0.1) is 0 Å². The lowest BCUT2D eigenvalue weighted by Gasteiger charge is -2.53. The molecule has 1 aromatic heterocycles. The van der Waals surface area contributed by atoms with Gasteiger partial charge in [0, 0.05) is 29.6 Å². The molecule has 0 bridgehead atoms. The van der Waals surface area contributed by atoms with E-state index in [1.54, 1.807) is 0 Å². The Balaban J connectivity index is 1.66. The second-order valence-corrected chi connectivity index (χ2v) is 9.09. The number of para-hydroxylation sites is 1. The third kappa shape index (κ3) is 2.79. The number of nitrogens with one attached hydrogen (secondary N) is 1. The SMILES string of the molecule is CCCCCNC(=O)C1=C[C@]2(CC)CCCN3CCc4c(n1c1ccccc41)[C@@H]32. The van der Waals surface area contributed by atoms with Crippen molar-refractivity contribution in [2.24, 2.45) is 5.41 Å². The van der Waals surface area contributed by atoms with Crippen molar-refractivity contribution in [3.05, 3.63) is 41.6 Å². The highest BCUT2D eigenvalue weighted by molar-refractivity contribution is 6.16. The minimum Gasteiger partial charge on any atom is -0.351 e. The summed E-state index contributed by atoms with van der Waals surface area (Å²) in [6.07, 6.45) is 10.3. The molecule has 1 amide bonds. The van der Waals surface area contributed by atoms with E-state index < -0.39 is 0 Å². The van der Waals surface area contributed by atoms with Gasteiger partial charge in [0.15, 0.2) is 0 Å². The molecule has 1 saturated heterocycles. The van der Waals surface area contributed by atoms with Crippen molar-refractivity contribution in [1.82, 2.24) is 14.8 Å². The minimum atomic E-state index is 0.0773. The van der Waals surface area contributed by atoms with E-state index in [4.69, 9.17) is 0 Å². The van der Waals surface area contributed by atoms with E-state index in [9.17, 15) is 4.79 Å². The third-order valence-corrected chi connectivity index (χ3v) is 7.55. The average Bonchev–Trinajstić information content (AvgIpc) is 3.10. The van der Waals surface area contributed by atoms with E-state index in [2.05, 4.69) is 59.0 Å². The van der Waals surface area contributed by atoms with Crippen LogP contribution < -0.4 is 5.32 Å². The molecular formula is C25H33N3O. The molecule has 4 heterocycles. The molecular weight excluding hydrogens is 358 g/mol. The standard InChI is InChI=1S/C25H33N3O/c1-3-5-8-14-26-24(29)21-17-25(4-2)13-9-15-27-16-12-19-18-10-6-7-11-20(18)28(21)22(19)23(25)27/h6-7,10-11,17,23H,3-5,8-9,12-16H2,1-2H3,(H,26,29)/t23-,25+/m1/s1. The van der Waals surface area contributed by atoms with Gasteiger partial charge in [0.25, 0.3) is 5.91 Å². The molecule has 1 N–H and O–H groups in total. The Bertz CT molecular complexity index is 972. The first-order chi connectivity index (χ1) is 14.2. The molecule has 29 heavy (non-hydrogen) atoms. The van der Waals surface area contributed by atoms with Gasteiger partial charge >= 0.3 is 0 Å². The van der Waals surface area contributed by atoms with Crippen molar-refractivity contribution in [3.63, 3.8) is 0 Å². The fourth-order valence-corrected chi connectivity index (χ4v) is 6.11. The number of carbonyl (C=O) groups is 1. The molecule has 1 fully saturated rings. The van der Waals surface area contributed by atoms with E-state index in [-0.39, 0.29) is 11.3 Å². The number of piperidine rings is 1. The van der Waals surface area contributed by atoms with Gasteiger partial charge in [-0.25, -0.2) is 0 Å². The van der Waals surface area contributed by atoms with E-state index in [1.165, 1.54) is 48.0 Å². The Hall–Kier alpha value is -2.07. The summed E-state index contributed by atoms with van der Waals surface area (Å²) in [4.78, 5) is 16.1. The number of rotatable bonds is 6. The molecule has 4 heteroatoms. The number of nitrogens with zero attached hydrogens (tertiary/aromatic N) is 2. The second kappa shape index (κ2) is 7.32. The van der Waals surface area contributed by atoms with E-state index >= 15 is 0 Å². The van der Waals surface area contributed by atoms with Crippen LogP contribution in [0.1, 0.15) is 69.7 Å². The molecule has 2 aromatic rings. The normalized spacial score (nSPS) is 25.6. The summed E-state index contributed by atoms with van der Waals surface area (Å²) in [6, 6.07) is 9.10. The molecule has 3 aliphatic heterocycles. The summed E-state index contributed by atoms with van der Waals surface area (Å²) in [6.45, 7) is 7.59. The average molecular weight is 392 g/mol. The Morgan fingerprint density at radius 3 is 2.90 bits per heavy atom. The minimum absolute atomic E-state index is 0.0773. The van der Waals surface area contributed by atoms with Gasteiger partial charge in [0.2, 0.25) is 0 Å². The smallest absolute Gasteiger partial charge is 0.267 e. The van der Waals surface area contributed by atoms with Crippen LogP contribution in [0.2, 0.25) is 0 Å². The Labute approximate surface area is 174 Å². The van der Waals surface area contributed by atoms with E-state index in [0.29, 0.717) is 6.04 Å². The monoisotopic (exact) mass is 391 g/mol. The first-order valence-corrected chi connectivity index (χ1v) is 11.6. The highest BCUT2D eigenvalue weighted by Gasteiger charge is 2.50. The van der Waals surface area contributed by atoms with Crippen molar-refractivity contribution in [2.45, 2.75) is 64.8 Å². The van der Waals surface area contributed by atoms with Crippen LogP contribution in [0.3, 0.4) is 0 Å². The lowest BCUT2D eigenvalue weighted by molar-refractivity contribution is -0.116. The predicted molar refractivity (Wildman–Crippen MR) is 119 cm³/mol. The molecule has 4 nitrogen and oxygen atoms in total. The van der Waals surface area contributed by atoms with Gasteiger partial charge in [-0.1, -0.05) is 44.9 Å². The zero-order valence-electron chi connectivity index (χ0n) is 17.8. The van der Waals surface area contributed by atoms with Crippen LogP contribution in [-0.4, -0.2) is 35.0 Å². The lowest BCUT2D eigenvalue weighted by atomic mass is 9.66. The van der Waals surface area contributed by atoms with Crippen molar-refractivity contribution >= 4 is 22.5 Å². The molecule has 3 aliphatic rings. The molecule has 0 spiro atoms. The van der Waals surface area contributed by atoms with Crippen molar-refractivity contribution in [1.29, 1.82) is 0 Å². The van der Waals surface area contributed by atoms with Crippen molar-refractivity contribution < 1.29 is 4.79 Å². The molecule has 0 radical (unpaired) electrons. The number of unbranched alkanes of at least 4 members (excludes halogenated alkanes) is 2. The maximum Gasteiger partial charge on any atom is 0.267 e. The number of aromatic nitrogens is 1. The molecule has 2 atom stereocenters. The number of hydrogen-bond acceptors (Lipinski definition) is 2. The van der Waals surface area contributed by atoms with Gasteiger partial charge in [-0.05, 0) is 56.4 Å². The van der Waals surface area contributed by atoms with Crippen LogP contribution in [-0.2, 0) is 11.2 Å². The van der Waals surface area contributed by atoms with Crippen LogP contribution in [0, 0.1) is 5.41 Å².